The van der Waals surface area contributed by atoms with Crippen molar-refractivity contribution >= 4 is 21.8 Å². The first-order valence-corrected chi connectivity index (χ1v) is 10.3. The van der Waals surface area contributed by atoms with E-state index in [0.717, 1.165) is 31.1 Å². The van der Waals surface area contributed by atoms with Gasteiger partial charge in [0.05, 0.1) is 6.20 Å². The summed E-state index contributed by atoms with van der Waals surface area (Å²) in [5, 5.41) is 3.49. The molecule has 26 heavy (non-hydrogen) atoms. The Hall–Kier alpha value is -2.20. The first kappa shape index (κ1) is 17.2. The van der Waals surface area contributed by atoms with Crippen LogP contribution >= 0.6 is 0 Å². The predicted octanol–water partition coefficient (Wildman–Crippen LogP) is 0.966. The van der Waals surface area contributed by atoms with Gasteiger partial charge in [0.1, 0.15) is 17.0 Å². The van der Waals surface area contributed by atoms with Crippen LogP contribution in [0, 0.1) is 0 Å². The molecular formula is C16H22N6O3S. The monoisotopic (exact) mass is 378 g/mol. The van der Waals surface area contributed by atoms with E-state index in [-0.39, 0.29) is 4.90 Å². The lowest BCUT2D eigenvalue weighted by atomic mass is 10.1. The fraction of sp³-hybridized carbons (Fsp3) is 0.562. The summed E-state index contributed by atoms with van der Waals surface area (Å²) >= 11 is 0. The van der Waals surface area contributed by atoms with Gasteiger partial charge < -0.3 is 14.3 Å². The minimum absolute atomic E-state index is 0.0976. The van der Waals surface area contributed by atoms with E-state index >= 15 is 0 Å². The van der Waals surface area contributed by atoms with Crippen LogP contribution in [0.15, 0.2) is 34.1 Å². The quantitative estimate of drug-likeness (QED) is 0.776. The summed E-state index contributed by atoms with van der Waals surface area (Å²) in [6, 6.07) is 1.89. The fourth-order valence-corrected chi connectivity index (χ4v) is 4.67. The minimum atomic E-state index is -3.54. The Morgan fingerprint density at radius 2 is 1.73 bits per heavy atom. The topological polar surface area (TPSA) is 95.7 Å². The summed E-state index contributed by atoms with van der Waals surface area (Å²) in [6.07, 6.45) is 7.79. The zero-order valence-electron chi connectivity index (χ0n) is 14.5. The molecule has 0 saturated carbocycles. The Labute approximate surface area is 152 Å². The molecule has 2 saturated heterocycles. The molecule has 9 nitrogen and oxygen atoms in total. The molecule has 0 atom stereocenters. The summed E-state index contributed by atoms with van der Waals surface area (Å²) in [4.78, 5) is 13.5. The van der Waals surface area contributed by atoms with Crippen LogP contribution in [0.2, 0.25) is 0 Å². The van der Waals surface area contributed by atoms with Gasteiger partial charge in [-0.2, -0.15) is 9.29 Å². The fourth-order valence-electron chi connectivity index (χ4n) is 3.39. The molecule has 2 aromatic rings. The van der Waals surface area contributed by atoms with Crippen LogP contribution in [0.25, 0.3) is 0 Å². The van der Waals surface area contributed by atoms with E-state index in [9.17, 15) is 8.42 Å². The van der Waals surface area contributed by atoms with E-state index in [2.05, 4.69) is 24.5 Å². The van der Waals surface area contributed by atoms with E-state index in [1.807, 2.05) is 6.07 Å². The largest absolute Gasteiger partial charge is 0.363 e. The third kappa shape index (κ3) is 3.38. The maximum Gasteiger partial charge on any atom is 0.248 e. The predicted molar refractivity (Wildman–Crippen MR) is 95.6 cm³/mol. The lowest BCUT2D eigenvalue weighted by Crippen LogP contribution is -2.49. The van der Waals surface area contributed by atoms with Crippen LogP contribution in [0.4, 0.5) is 11.8 Å². The Morgan fingerprint density at radius 3 is 2.42 bits per heavy atom. The second-order valence-corrected chi connectivity index (χ2v) is 8.45. The Morgan fingerprint density at radius 1 is 0.962 bits per heavy atom. The van der Waals surface area contributed by atoms with Gasteiger partial charge in [-0.05, 0) is 25.3 Å². The van der Waals surface area contributed by atoms with Gasteiger partial charge in [-0.3, -0.25) is 0 Å². The molecule has 2 fully saturated rings. The standard InChI is InChI=1S/C16H22N6O3S/c23-26(24,14-12-18-25-13-14)22-10-8-20(9-11-22)15-4-5-17-16(19-15)21-6-2-1-3-7-21/h4-5,12-13H,1-3,6-11H2. The SMILES string of the molecule is O=S(=O)(c1cnoc1)N1CCN(c2ccnc(N3CCCCC3)n2)CC1. The van der Waals surface area contributed by atoms with Crippen molar-refractivity contribution in [2.45, 2.75) is 24.2 Å². The van der Waals surface area contributed by atoms with Crippen LogP contribution in [0.5, 0.6) is 0 Å². The van der Waals surface area contributed by atoms with E-state index in [0.29, 0.717) is 26.2 Å². The average molecular weight is 378 g/mol. The lowest BCUT2D eigenvalue weighted by Gasteiger charge is -2.35. The third-order valence-electron chi connectivity index (χ3n) is 4.88. The number of piperidine rings is 1. The maximum atomic E-state index is 12.5. The number of nitrogens with zero attached hydrogens (tertiary/aromatic N) is 6. The number of aromatic nitrogens is 3. The van der Waals surface area contributed by atoms with Crippen molar-refractivity contribution in [1.82, 2.24) is 19.4 Å². The third-order valence-corrected chi connectivity index (χ3v) is 6.72. The van der Waals surface area contributed by atoms with Gasteiger partial charge in [0.15, 0.2) is 0 Å². The molecule has 0 bridgehead atoms. The molecule has 0 amide bonds. The van der Waals surface area contributed by atoms with Gasteiger partial charge in [0.25, 0.3) is 0 Å². The molecule has 140 valence electrons. The molecule has 10 heteroatoms. The van der Waals surface area contributed by atoms with E-state index in [4.69, 9.17) is 4.98 Å². The van der Waals surface area contributed by atoms with Gasteiger partial charge in [-0.1, -0.05) is 5.16 Å². The van der Waals surface area contributed by atoms with Gasteiger partial charge in [-0.25, -0.2) is 13.4 Å². The van der Waals surface area contributed by atoms with Crippen molar-refractivity contribution in [3.63, 3.8) is 0 Å². The maximum absolute atomic E-state index is 12.5. The molecule has 4 rings (SSSR count). The zero-order chi connectivity index (χ0) is 18.0. The van der Waals surface area contributed by atoms with Crippen LogP contribution in [-0.4, -0.2) is 67.1 Å². The lowest BCUT2D eigenvalue weighted by molar-refractivity contribution is 0.382. The molecular weight excluding hydrogens is 356 g/mol. The van der Waals surface area contributed by atoms with Crippen molar-refractivity contribution in [1.29, 1.82) is 0 Å². The molecule has 0 unspecified atom stereocenters. The van der Waals surface area contributed by atoms with Crippen molar-refractivity contribution in [3.8, 4) is 0 Å². The number of sulfonamides is 1. The summed E-state index contributed by atoms with van der Waals surface area (Å²) in [5.41, 5.74) is 0. The van der Waals surface area contributed by atoms with Crippen molar-refractivity contribution in [2.24, 2.45) is 0 Å². The van der Waals surface area contributed by atoms with Gasteiger partial charge in [-0.15, -0.1) is 0 Å². The molecule has 0 radical (unpaired) electrons. The molecule has 2 aliphatic heterocycles. The molecule has 4 heterocycles. The van der Waals surface area contributed by atoms with Crippen LogP contribution in [0.3, 0.4) is 0 Å². The van der Waals surface area contributed by atoms with Crippen molar-refractivity contribution < 1.29 is 12.9 Å². The zero-order valence-corrected chi connectivity index (χ0v) is 15.3. The van der Waals surface area contributed by atoms with E-state index in [1.165, 1.54) is 29.8 Å². The average Bonchev–Trinajstić information content (AvgIpc) is 3.25. The summed E-state index contributed by atoms with van der Waals surface area (Å²) < 4.78 is 31.2. The molecule has 0 N–H and O–H groups in total. The van der Waals surface area contributed by atoms with E-state index < -0.39 is 10.0 Å². The molecule has 0 aliphatic carbocycles. The number of hydrogen-bond donors (Lipinski definition) is 0. The number of rotatable bonds is 4. The Bertz CT molecular complexity index is 827. The van der Waals surface area contributed by atoms with Crippen LogP contribution in [-0.2, 0) is 10.0 Å². The highest BCUT2D eigenvalue weighted by atomic mass is 32.2. The van der Waals surface area contributed by atoms with Crippen molar-refractivity contribution in [2.75, 3.05) is 49.1 Å². The number of hydrogen-bond acceptors (Lipinski definition) is 8. The number of anilines is 2. The highest BCUT2D eigenvalue weighted by Gasteiger charge is 2.30. The van der Waals surface area contributed by atoms with Crippen LogP contribution < -0.4 is 9.80 Å². The summed E-state index contributed by atoms with van der Waals surface area (Å²) in [6.45, 7) is 3.96. The second-order valence-electron chi connectivity index (χ2n) is 6.51. The van der Waals surface area contributed by atoms with Gasteiger partial charge >= 0.3 is 0 Å². The van der Waals surface area contributed by atoms with Gasteiger partial charge in [0.2, 0.25) is 16.0 Å². The smallest absolute Gasteiger partial charge is 0.248 e. The minimum Gasteiger partial charge on any atom is -0.363 e. The summed E-state index contributed by atoms with van der Waals surface area (Å²) in [7, 11) is -3.54. The summed E-state index contributed by atoms with van der Waals surface area (Å²) in [5.74, 6) is 1.62. The molecule has 0 spiro atoms. The van der Waals surface area contributed by atoms with Crippen molar-refractivity contribution in [3.05, 3.63) is 24.7 Å². The number of piperazine rings is 1. The Balaban J connectivity index is 1.43. The normalized spacial score (nSPS) is 19.7. The molecule has 2 aliphatic rings. The molecule has 2 aromatic heterocycles. The van der Waals surface area contributed by atoms with Gasteiger partial charge in [0, 0.05) is 45.5 Å². The second kappa shape index (κ2) is 7.20. The highest BCUT2D eigenvalue weighted by Crippen LogP contribution is 2.22. The van der Waals surface area contributed by atoms with Crippen LogP contribution in [0.1, 0.15) is 19.3 Å². The Kier molecular flexibility index (Phi) is 4.77. The van der Waals surface area contributed by atoms with E-state index in [1.54, 1.807) is 6.20 Å². The highest BCUT2D eigenvalue weighted by molar-refractivity contribution is 7.89. The first-order chi connectivity index (χ1) is 12.6. The molecule has 0 aromatic carbocycles. The first-order valence-electron chi connectivity index (χ1n) is 8.87.